The van der Waals surface area contributed by atoms with E-state index >= 15 is 0 Å². The lowest BCUT2D eigenvalue weighted by Gasteiger charge is -2.02. The van der Waals surface area contributed by atoms with Gasteiger partial charge in [0.25, 0.3) is 0 Å². The van der Waals surface area contributed by atoms with Gasteiger partial charge < -0.3 is 5.11 Å². The molecular weight excluding hydrogens is 178 g/mol. The van der Waals surface area contributed by atoms with E-state index in [1.165, 1.54) is 4.57 Å². The summed E-state index contributed by atoms with van der Waals surface area (Å²) in [4.78, 5) is 11.0. The second kappa shape index (κ2) is 2.87. The number of rotatable bonds is 0. The van der Waals surface area contributed by atoms with Crippen molar-refractivity contribution in [3.8, 4) is 0 Å². The molecule has 3 heteroatoms. The lowest BCUT2D eigenvalue weighted by atomic mass is 10.2. The maximum atomic E-state index is 11.0. The van der Waals surface area contributed by atoms with Crippen LogP contribution in [0.4, 0.5) is 4.79 Å². The van der Waals surface area contributed by atoms with E-state index in [1.807, 2.05) is 31.2 Å². The first-order valence-electron chi connectivity index (χ1n) is 4.42. The monoisotopic (exact) mass is 189 g/mol. The molecular formula is C11H11NO2. The zero-order valence-corrected chi connectivity index (χ0v) is 8.11. The highest BCUT2D eigenvalue weighted by atomic mass is 16.4. The minimum Gasteiger partial charge on any atom is -0.464 e. The lowest BCUT2D eigenvalue weighted by molar-refractivity contribution is 0.197. The number of carbonyl (C=O) groups is 1. The number of hydrogen-bond acceptors (Lipinski definition) is 1. The number of benzene rings is 1. The molecule has 3 nitrogen and oxygen atoms in total. The zero-order chi connectivity index (χ0) is 10.3. The highest BCUT2D eigenvalue weighted by molar-refractivity contribution is 5.92. The van der Waals surface area contributed by atoms with Gasteiger partial charge in [0, 0.05) is 11.1 Å². The van der Waals surface area contributed by atoms with E-state index in [0.717, 1.165) is 22.2 Å². The summed E-state index contributed by atoms with van der Waals surface area (Å²) in [5, 5.41) is 10.0. The third kappa shape index (κ3) is 1.09. The second-order valence-corrected chi connectivity index (χ2v) is 3.42. The summed E-state index contributed by atoms with van der Waals surface area (Å²) in [5.74, 6) is 0. The summed E-state index contributed by atoms with van der Waals surface area (Å²) in [5.41, 5.74) is 2.53. The quantitative estimate of drug-likeness (QED) is 0.692. The van der Waals surface area contributed by atoms with Crippen LogP contribution in [-0.4, -0.2) is 15.8 Å². The van der Waals surface area contributed by atoms with Crippen LogP contribution in [0.3, 0.4) is 0 Å². The molecule has 1 heterocycles. The molecule has 0 fully saturated rings. The molecule has 0 aliphatic heterocycles. The van der Waals surface area contributed by atoms with E-state index in [-0.39, 0.29) is 0 Å². The van der Waals surface area contributed by atoms with Crippen molar-refractivity contribution in [1.82, 2.24) is 4.57 Å². The predicted molar refractivity (Wildman–Crippen MR) is 54.8 cm³/mol. The highest BCUT2D eigenvalue weighted by Crippen LogP contribution is 2.22. The van der Waals surface area contributed by atoms with Crippen LogP contribution in [0.15, 0.2) is 24.3 Å². The molecule has 2 rings (SSSR count). The van der Waals surface area contributed by atoms with Crippen molar-refractivity contribution in [3.63, 3.8) is 0 Å². The van der Waals surface area contributed by atoms with Gasteiger partial charge in [-0.15, -0.1) is 0 Å². The minimum absolute atomic E-state index is 0.752. The summed E-state index contributed by atoms with van der Waals surface area (Å²) in [6.45, 7) is 3.72. The Morgan fingerprint density at radius 2 is 2.07 bits per heavy atom. The maximum absolute atomic E-state index is 11.0. The Kier molecular flexibility index (Phi) is 1.81. The normalized spacial score (nSPS) is 10.7. The molecule has 1 N–H and O–H groups in total. The Balaban J connectivity index is 2.93. The summed E-state index contributed by atoms with van der Waals surface area (Å²) in [6, 6.07) is 7.66. The number of fused-ring (bicyclic) bond motifs is 1. The van der Waals surface area contributed by atoms with Crippen molar-refractivity contribution in [1.29, 1.82) is 0 Å². The smallest absolute Gasteiger partial charge is 0.416 e. The van der Waals surface area contributed by atoms with Crippen LogP contribution in [0.2, 0.25) is 0 Å². The maximum Gasteiger partial charge on any atom is 0.416 e. The van der Waals surface area contributed by atoms with Gasteiger partial charge in [-0.05, 0) is 25.5 Å². The molecule has 0 bridgehead atoms. The number of hydrogen-bond donors (Lipinski definition) is 1. The fourth-order valence-corrected chi connectivity index (χ4v) is 1.82. The number of aromatic nitrogens is 1. The van der Waals surface area contributed by atoms with Gasteiger partial charge in [0.2, 0.25) is 0 Å². The highest BCUT2D eigenvalue weighted by Gasteiger charge is 2.12. The van der Waals surface area contributed by atoms with Crippen molar-refractivity contribution in [2.24, 2.45) is 0 Å². The molecule has 0 unspecified atom stereocenters. The number of para-hydroxylation sites is 1. The van der Waals surface area contributed by atoms with E-state index in [0.29, 0.717) is 0 Å². The number of carboxylic acid groups (broad SMARTS) is 1. The second-order valence-electron chi connectivity index (χ2n) is 3.42. The Labute approximate surface area is 81.6 Å². The van der Waals surface area contributed by atoms with Gasteiger partial charge in [0.15, 0.2) is 0 Å². The summed E-state index contributed by atoms with van der Waals surface area (Å²) >= 11 is 0. The topological polar surface area (TPSA) is 42.2 Å². The molecule has 0 radical (unpaired) electrons. The van der Waals surface area contributed by atoms with Gasteiger partial charge in [-0.25, -0.2) is 9.36 Å². The molecule has 0 saturated carbocycles. The molecule has 0 saturated heterocycles. The molecule has 0 amide bonds. The van der Waals surface area contributed by atoms with Crippen LogP contribution in [-0.2, 0) is 0 Å². The summed E-state index contributed by atoms with van der Waals surface area (Å²) < 4.78 is 1.32. The summed E-state index contributed by atoms with van der Waals surface area (Å²) in [7, 11) is 0. The number of nitrogens with zero attached hydrogens (tertiary/aromatic N) is 1. The fraction of sp³-hybridized carbons (Fsp3) is 0.182. The average Bonchev–Trinajstić information content (AvgIpc) is 2.42. The standard InChI is InChI=1S/C11H11NO2/c1-7-4-3-5-9-6-8(2)12(10(7)9)11(13)14/h3-6H,1-2H3,(H,13,14). The van der Waals surface area contributed by atoms with Crippen LogP contribution in [0, 0.1) is 13.8 Å². The lowest BCUT2D eigenvalue weighted by Crippen LogP contribution is -2.09. The number of aryl methyl sites for hydroxylation is 2. The van der Waals surface area contributed by atoms with E-state index in [4.69, 9.17) is 5.11 Å². The average molecular weight is 189 g/mol. The first-order valence-corrected chi connectivity index (χ1v) is 4.42. The SMILES string of the molecule is Cc1cccc2cc(C)n(C(=O)O)c12. The van der Waals surface area contributed by atoms with Crippen LogP contribution >= 0.6 is 0 Å². The van der Waals surface area contributed by atoms with Gasteiger partial charge in [0.05, 0.1) is 5.52 Å². The van der Waals surface area contributed by atoms with Crippen molar-refractivity contribution in [2.75, 3.05) is 0 Å². The van der Waals surface area contributed by atoms with Crippen molar-refractivity contribution in [2.45, 2.75) is 13.8 Å². The molecule has 1 aromatic carbocycles. The molecule has 0 atom stereocenters. The van der Waals surface area contributed by atoms with Gasteiger partial charge in [-0.3, -0.25) is 0 Å². The molecule has 0 aliphatic carbocycles. The van der Waals surface area contributed by atoms with Crippen LogP contribution < -0.4 is 0 Å². The van der Waals surface area contributed by atoms with Gasteiger partial charge >= 0.3 is 6.09 Å². The van der Waals surface area contributed by atoms with Crippen molar-refractivity contribution < 1.29 is 9.90 Å². The predicted octanol–water partition coefficient (Wildman–Crippen LogP) is 2.78. The molecule has 72 valence electrons. The van der Waals surface area contributed by atoms with E-state index in [2.05, 4.69) is 0 Å². The van der Waals surface area contributed by atoms with Gasteiger partial charge in [-0.1, -0.05) is 18.2 Å². The Morgan fingerprint density at radius 1 is 1.36 bits per heavy atom. The fourth-order valence-electron chi connectivity index (χ4n) is 1.82. The molecule has 0 spiro atoms. The van der Waals surface area contributed by atoms with E-state index in [1.54, 1.807) is 6.92 Å². The third-order valence-electron chi connectivity index (χ3n) is 2.40. The third-order valence-corrected chi connectivity index (χ3v) is 2.40. The molecule has 0 aliphatic rings. The first-order chi connectivity index (χ1) is 6.61. The van der Waals surface area contributed by atoms with Gasteiger partial charge in [-0.2, -0.15) is 0 Å². The zero-order valence-electron chi connectivity index (χ0n) is 8.11. The van der Waals surface area contributed by atoms with Crippen LogP contribution in [0.5, 0.6) is 0 Å². The van der Waals surface area contributed by atoms with Crippen molar-refractivity contribution in [3.05, 3.63) is 35.5 Å². The van der Waals surface area contributed by atoms with Gasteiger partial charge in [0.1, 0.15) is 0 Å². The molecule has 2 aromatic rings. The van der Waals surface area contributed by atoms with E-state index < -0.39 is 6.09 Å². The minimum atomic E-state index is -0.924. The Hall–Kier alpha value is -1.77. The Bertz CT molecular complexity index is 511. The van der Waals surface area contributed by atoms with Crippen LogP contribution in [0.1, 0.15) is 11.3 Å². The first kappa shape index (κ1) is 8.81. The largest absolute Gasteiger partial charge is 0.464 e. The summed E-state index contributed by atoms with van der Waals surface area (Å²) in [6.07, 6.45) is -0.924. The van der Waals surface area contributed by atoms with Crippen molar-refractivity contribution >= 4 is 17.0 Å². The van der Waals surface area contributed by atoms with E-state index in [9.17, 15) is 4.79 Å². The Morgan fingerprint density at radius 3 is 2.71 bits per heavy atom. The molecule has 14 heavy (non-hydrogen) atoms. The molecule has 1 aromatic heterocycles. The van der Waals surface area contributed by atoms with Crippen LogP contribution in [0.25, 0.3) is 10.9 Å².